The van der Waals surface area contributed by atoms with Crippen LogP contribution in [-0.4, -0.2) is 44.0 Å². The van der Waals surface area contributed by atoms with Crippen LogP contribution in [0.3, 0.4) is 0 Å². The molecule has 0 saturated carbocycles. The highest BCUT2D eigenvalue weighted by Gasteiger charge is 2.37. The van der Waals surface area contributed by atoms with E-state index in [0.29, 0.717) is 25.6 Å². The molecule has 7 heteroatoms. The van der Waals surface area contributed by atoms with Gasteiger partial charge in [0, 0.05) is 36.8 Å². The van der Waals surface area contributed by atoms with E-state index in [1.165, 1.54) is 0 Å². The highest BCUT2D eigenvalue weighted by molar-refractivity contribution is 5.93. The lowest BCUT2D eigenvalue weighted by Crippen LogP contribution is -2.48. The van der Waals surface area contributed by atoms with E-state index in [1.54, 1.807) is 13.2 Å². The van der Waals surface area contributed by atoms with Gasteiger partial charge in [0.1, 0.15) is 5.75 Å². The Kier molecular flexibility index (Phi) is 6.13. The van der Waals surface area contributed by atoms with Gasteiger partial charge in [-0.15, -0.1) is 0 Å². The van der Waals surface area contributed by atoms with Gasteiger partial charge in [-0.05, 0) is 32.8 Å². The van der Waals surface area contributed by atoms with Gasteiger partial charge in [0.25, 0.3) is 0 Å². The minimum Gasteiger partial charge on any atom is -0.496 e. The van der Waals surface area contributed by atoms with E-state index in [1.807, 2.05) is 32.0 Å². The third-order valence-corrected chi connectivity index (χ3v) is 5.14. The van der Waals surface area contributed by atoms with Crippen LogP contribution in [0.2, 0.25) is 0 Å². The number of rotatable bonds is 7. The van der Waals surface area contributed by atoms with Gasteiger partial charge in [-0.2, -0.15) is 0 Å². The summed E-state index contributed by atoms with van der Waals surface area (Å²) in [5.41, 5.74) is 1.74. The molecule has 1 aliphatic rings. The van der Waals surface area contributed by atoms with Gasteiger partial charge in [-0.3, -0.25) is 10.1 Å². The lowest BCUT2D eigenvalue weighted by molar-refractivity contribution is -0.118. The number of hydrogen-bond acceptors (Lipinski definition) is 6. The minimum absolute atomic E-state index is 0.137. The number of nitrogens with zero attached hydrogens (tertiary/aromatic N) is 1. The second kappa shape index (κ2) is 8.54. The van der Waals surface area contributed by atoms with E-state index in [0.717, 1.165) is 29.8 Å². The number of methoxy groups -OCH3 is 1. The Morgan fingerprint density at radius 3 is 2.74 bits per heavy atom. The molecule has 0 unspecified atom stereocenters. The quantitative estimate of drug-likeness (QED) is 0.776. The van der Waals surface area contributed by atoms with E-state index >= 15 is 0 Å². The van der Waals surface area contributed by atoms with Gasteiger partial charge in [-0.25, -0.2) is 0 Å². The highest BCUT2D eigenvalue weighted by Crippen LogP contribution is 2.39. The van der Waals surface area contributed by atoms with Crippen molar-refractivity contribution in [3.8, 4) is 5.75 Å². The zero-order chi connectivity index (χ0) is 19.3. The summed E-state index contributed by atoms with van der Waals surface area (Å²) in [7, 11) is 1.69. The van der Waals surface area contributed by atoms with Crippen molar-refractivity contribution in [1.82, 2.24) is 10.5 Å². The van der Waals surface area contributed by atoms with Crippen molar-refractivity contribution in [1.29, 1.82) is 0 Å². The number of benzene rings is 1. The molecule has 2 aromatic rings. The van der Waals surface area contributed by atoms with Gasteiger partial charge >= 0.3 is 0 Å². The van der Waals surface area contributed by atoms with Gasteiger partial charge in [0.2, 0.25) is 11.8 Å². The monoisotopic (exact) mass is 373 g/mol. The summed E-state index contributed by atoms with van der Waals surface area (Å²) in [4.78, 5) is 12.4. The molecule has 146 valence electrons. The maximum atomic E-state index is 12.4. The first-order valence-electron chi connectivity index (χ1n) is 9.23. The molecule has 1 aromatic carbocycles. The highest BCUT2D eigenvalue weighted by atomic mass is 16.5. The summed E-state index contributed by atoms with van der Waals surface area (Å²) in [6.07, 6.45) is 1.74. The SMILES string of the molecule is COc1ccccc1C1(CN[C@H](C)C(=O)Nc2cc(C)no2)CCOCC1. The van der Waals surface area contributed by atoms with Crippen molar-refractivity contribution in [2.45, 2.75) is 38.1 Å². The average Bonchev–Trinajstić information content (AvgIpc) is 3.11. The van der Waals surface area contributed by atoms with E-state index in [4.69, 9.17) is 14.0 Å². The normalized spacial score (nSPS) is 17.3. The molecule has 7 nitrogen and oxygen atoms in total. The fourth-order valence-corrected chi connectivity index (χ4v) is 3.48. The van der Waals surface area contributed by atoms with Crippen LogP contribution in [0.4, 0.5) is 5.88 Å². The molecule has 27 heavy (non-hydrogen) atoms. The zero-order valence-corrected chi connectivity index (χ0v) is 16.1. The lowest BCUT2D eigenvalue weighted by atomic mass is 9.73. The van der Waals surface area contributed by atoms with Gasteiger partial charge in [-0.1, -0.05) is 23.4 Å². The second-order valence-electron chi connectivity index (χ2n) is 7.02. The fraction of sp³-hybridized carbons (Fsp3) is 0.500. The Morgan fingerprint density at radius 2 is 2.07 bits per heavy atom. The first kappa shape index (κ1) is 19.4. The molecule has 2 N–H and O–H groups in total. The maximum Gasteiger partial charge on any atom is 0.243 e. The predicted octanol–water partition coefficient (Wildman–Crippen LogP) is 2.66. The molecule has 1 atom stereocenters. The third-order valence-electron chi connectivity index (χ3n) is 5.14. The number of amides is 1. The molecule has 3 rings (SSSR count). The molecular weight excluding hydrogens is 346 g/mol. The summed E-state index contributed by atoms with van der Waals surface area (Å²) >= 11 is 0. The van der Waals surface area contributed by atoms with Crippen LogP contribution in [0.1, 0.15) is 31.0 Å². The third kappa shape index (κ3) is 4.48. The lowest BCUT2D eigenvalue weighted by Gasteiger charge is -2.39. The van der Waals surface area contributed by atoms with Crippen molar-refractivity contribution in [2.75, 3.05) is 32.2 Å². The van der Waals surface area contributed by atoms with Gasteiger partial charge in [0.05, 0.1) is 18.8 Å². The number of aryl methyl sites for hydroxylation is 1. The van der Waals surface area contributed by atoms with Crippen LogP contribution in [0, 0.1) is 6.92 Å². The number of aromatic nitrogens is 1. The zero-order valence-electron chi connectivity index (χ0n) is 16.1. The number of carbonyl (C=O) groups is 1. The molecule has 1 amide bonds. The smallest absolute Gasteiger partial charge is 0.243 e. The molecule has 1 saturated heterocycles. The van der Waals surface area contributed by atoms with Crippen LogP contribution in [0.15, 0.2) is 34.9 Å². The van der Waals surface area contributed by atoms with Gasteiger partial charge in [0.15, 0.2) is 0 Å². The number of carbonyl (C=O) groups excluding carboxylic acids is 1. The van der Waals surface area contributed by atoms with Crippen molar-refractivity contribution >= 4 is 11.8 Å². The largest absolute Gasteiger partial charge is 0.496 e. The average molecular weight is 373 g/mol. The molecule has 1 fully saturated rings. The molecule has 0 aliphatic carbocycles. The first-order valence-corrected chi connectivity index (χ1v) is 9.23. The van der Waals surface area contributed by atoms with E-state index in [2.05, 4.69) is 21.9 Å². The van der Waals surface area contributed by atoms with Crippen LogP contribution in [0.25, 0.3) is 0 Å². The molecular formula is C20H27N3O4. The molecule has 0 spiro atoms. The standard InChI is InChI=1S/C20H27N3O4/c1-14-12-18(27-23-14)22-19(24)15(2)21-13-20(8-10-26-11-9-20)16-6-4-5-7-17(16)25-3/h4-7,12,15,21H,8-11,13H2,1-3H3,(H,22,24)/t15-/m1/s1. The minimum atomic E-state index is -0.384. The van der Waals surface area contributed by atoms with Crippen molar-refractivity contribution in [3.63, 3.8) is 0 Å². The van der Waals surface area contributed by atoms with E-state index in [-0.39, 0.29) is 17.4 Å². The number of para-hydroxylation sites is 1. The molecule has 1 aliphatic heterocycles. The number of hydrogen-bond donors (Lipinski definition) is 2. The Bertz CT molecular complexity index is 768. The summed E-state index contributed by atoms with van der Waals surface area (Å²) in [6, 6.07) is 9.39. The summed E-state index contributed by atoms with van der Waals surface area (Å²) < 4.78 is 16.2. The first-order chi connectivity index (χ1) is 13.0. The van der Waals surface area contributed by atoms with Gasteiger partial charge < -0.3 is 19.3 Å². The van der Waals surface area contributed by atoms with E-state index in [9.17, 15) is 4.79 Å². The topological polar surface area (TPSA) is 85.6 Å². The predicted molar refractivity (Wildman–Crippen MR) is 102 cm³/mol. The van der Waals surface area contributed by atoms with Crippen molar-refractivity contribution in [2.24, 2.45) is 0 Å². The Balaban J connectivity index is 1.70. The van der Waals surface area contributed by atoms with Crippen LogP contribution in [0.5, 0.6) is 5.75 Å². The van der Waals surface area contributed by atoms with Crippen molar-refractivity contribution in [3.05, 3.63) is 41.6 Å². The van der Waals surface area contributed by atoms with Crippen LogP contribution < -0.4 is 15.4 Å². The number of ether oxygens (including phenoxy) is 2. The van der Waals surface area contributed by atoms with E-state index < -0.39 is 0 Å². The number of nitrogens with one attached hydrogen (secondary N) is 2. The molecule has 0 bridgehead atoms. The summed E-state index contributed by atoms with van der Waals surface area (Å²) in [5.74, 6) is 1.07. The molecule has 0 radical (unpaired) electrons. The Labute approximate surface area is 159 Å². The Hall–Kier alpha value is -2.38. The summed E-state index contributed by atoms with van der Waals surface area (Å²) in [6.45, 7) is 5.69. The summed E-state index contributed by atoms with van der Waals surface area (Å²) in [5, 5.41) is 9.91. The molecule has 1 aromatic heterocycles. The molecule has 2 heterocycles. The second-order valence-corrected chi connectivity index (χ2v) is 7.02. The van der Waals surface area contributed by atoms with Crippen molar-refractivity contribution < 1.29 is 18.8 Å². The van der Waals surface area contributed by atoms with Crippen LogP contribution in [-0.2, 0) is 14.9 Å². The van der Waals surface area contributed by atoms with Crippen LogP contribution >= 0.6 is 0 Å². The number of anilines is 1. The maximum absolute atomic E-state index is 12.4. The Morgan fingerprint density at radius 1 is 1.33 bits per heavy atom. The fourth-order valence-electron chi connectivity index (χ4n) is 3.48.